The standard InChI is InChI=1S/C7H9FN2O2S/c1-5-4-6(8)2-3-7(5)10-13(9,11)12/h2-4,10H,1H3,(H2,9,11,12). The molecule has 0 aliphatic heterocycles. The van der Waals surface area contributed by atoms with E-state index in [-0.39, 0.29) is 5.69 Å². The van der Waals surface area contributed by atoms with Gasteiger partial charge in [-0.2, -0.15) is 8.42 Å². The van der Waals surface area contributed by atoms with Gasteiger partial charge in [0.15, 0.2) is 0 Å². The lowest BCUT2D eigenvalue weighted by Crippen LogP contribution is -2.22. The van der Waals surface area contributed by atoms with Crippen LogP contribution in [0.3, 0.4) is 0 Å². The molecule has 13 heavy (non-hydrogen) atoms. The predicted molar refractivity (Wildman–Crippen MR) is 47.9 cm³/mol. The van der Waals surface area contributed by atoms with Crippen LogP contribution in [-0.4, -0.2) is 8.42 Å². The molecule has 0 aliphatic rings. The molecule has 1 aromatic rings. The van der Waals surface area contributed by atoms with Gasteiger partial charge in [-0.05, 0) is 30.7 Å². The molecule has 0 spiro atoms. The van der Waals surface area contributed by atoms with Gasteiger partial charge in [0.05, 0.1) is 5.69 Å². The van der Waals surface area contributed by atoms with Crippen molar-refractivity contribution in [2.45, 2.75) is 6.92 Å². The van der Waals surface area contributed by atoms with Crippen molar-refractivity contribution in [1.82, 2.24) is 0 Å². The maximum absolute atomic E-state index is 12.6. The summed E-state index contributed by atoms with van der Waals surface area (Å²) in [6.45, 7) is 1.58. The van der Waals surface area contributed by atoms with E-state index < -0.39 is 16.0 Å². The van der Waals surface area contributed by atoms with Crippen LogP contribution in [0.15, 0.2) is 18.2 Å². The molecule has 1 aromatic carbocycles. The fourth-order valence-corrected chi connectivity index (χ4v) is 1.43. The van der Waals surface area contributed by atoms with Gasteiger partial charge in [0.2, 0.25) is 0 Å². The Morgan fingerprint density at radius 3 is 2.54 bits per heavy atom. The number of rotatable bonds is 2. The number of halogens is 1. The lowest BCUT2D eigenvalue weighted by atomic mass is 10.2. The van der Waals surface area contributed by atoms with Crippen molar-refractivity contribution in [3.63, 3.8) is 0 Å². The number of nitrogens with two attached hydrogens (primary N) is 1. The highest BCUT2D eigenvalue weighted by molar-refractivity contribution is 7.90. The van der Waals surface area contributed by atoms with Gasteiger partial charge in [0, 0.05) is 0 Å². The summed E-state index contributed by atoms with van der Waals surface area (Å²) in [5.74, 6) is -0.419. The summed E-state index contributed by atoms with van der Waals surface area (Å²) in [5, 5.41) is 4.74. The zero-order valence-electron chi connectivity index (χ0n) is 6.91. The second-order valence-electron chi connectivity index (χ2n) is 2.61. The minimum atomic E-state index is -3.78. The van der Waals surface area contributed by atoms with Crippen LogP contribution in [0.1, 0.15) is 5.56 Å². The average Bonchev–Trinajstić information content (AvgIpc) is 1.93. The predicted octanol–water partition coefficient (Wildman–Crippen LogP) is 0.750. The lowest BCUT2D eigenvalue weighted by Gasteiger charge is -2.06. The Morgan fingerprint density at radius 1 is 1.46 bits per heavy atom. The molecule has 72 valence electrons. The van der Waals surface area contributed by atoms with E-state index in [1.807, 2.05) is 0 Å². The summed E-state index contributed by atoms with van der Waals surface area (Å²) in [6, 6.07) is 3.68. The molecule has 0 aliphatic carbocycles. The molecule has 0 unspecified atom stereocenters. The van der Waals surface area contributed by atoms with Gasteiger partial charge >= 0.3 is 0 Å². The first-order chi connectivity index (χ1) is 5.88. The molecular formula is C7H9FN2O2S. The first-order valence-electron chi connectivity index (χ1n) is 3.45. The Hall–Kier alpha value is -1.14. The molecule has 3 N–H and O–H groups in total. The first-order valence-corrected chi connectivity index (χ1v) is 5.00. The van der Waals surface area contributed by atoms with Crippen LogP contribution < -0.4 is 9.86 Å². The minimum absolute atomic E-state index is 0.281. The fourth-order valence-electron chi connectivity index (χ4n) is 0.895. The summed E-state index contributed by atoms with van der Waals surface area (Å²) in [6.07, 6.45) is 0. The Balaban J connectivity index is 3.04. The van der Waals surface area contributed by atoms with Crippen molar-refractivity contribution >= 4 is 15.9 Å². The third-order valence-corrected chi connectivity index (χ3v) is 1.95. The zero-order chi connectivity index (χ0) is 10.1. The molecule has 0 aromatic heterocycles. The summed E-state index contributed by atoms with van der Waals surface area (Å²) in [7, 11) is -3.78. The van der Waals surface area contributed by atoms with E-state index in [1.165, 1.54) is 12.1 Å². The molecule has 0 amide bonds. The largest absolute Gasteiger partial charge is 0.296 e. The topological polar surface area (TPSA) is 72.2 Å². The maximum Gasteiger partial charge on any atom is 0.296 e. The molecule has 0 bridgehead atoms. The quantitative estimate of drug-likeness (QED) is 0.746. The third-order valence-electron chi connectivity index (χ3n) is 1.44. The van der Waals surface area contributed by atoms with Crippen LogP contribution >= 0.6 is 0 Å². The Kier molecular flexibility index (Phi) is 2.53. The highest BCUT2D eigenvalue weighted by atomic mass is 32.2. The number of hydrogen-bond donors (Lipinski definition) is 2. The van der Waals surface area contributed by atoms with Crippen molar-refractivity contribution in [3.05, 3.63) is 29.6 Å². The van der Waals surface area contributed by atoms with Crippen molar-refractivity contribution in [2.75, 3.05) is 4.72 Å². The molecule has 0 fully saturated rings. The Bertz CT molecular complexity index is 417. The second-order valence-corrected chi connectivity index (χ2v) is 3.90. The van der Waals surface area contributed by atoms with E-state index >= 15 is 0 Å². The SMILES string of the molecule is Cc1cc(F)ccc1NS(N)(=O)=O. The van der Waals surface area contributed by atoms with E-state index in [1.54, 1.807) is 6.92 Å². The van der Waals surface area contributed by atoms with Crippen LogP contribution in [-0.2, 0) is 10.2 Å². The smallest absolute Gasteiger partial charge is 0.271 e. The van der Waals surface area contributed by atoms with Crippen molar-refractivity contribution in [3.8, 4) is 0 Å². The molecule has 1 rings (SSSR count). The van der Waals surface area contributed by atoms with E-state index in [0.29, 0.717) is 5.56 Å². The fraction of sp³-hybridized carbons (Fsp3) is 0.143. The summed E-state index contributed by atoms with van der Waals surface area (Å²) < 4.78 is 35.9. The van der Waals surface area contributed by atoms with Gasteiger partial charge in [0.1, 0.15) is 5.82 Å². The molecule has 0 radical (unpaired) electrons. The average molecular weight is 204 g/mol. The third kappa shape index (κ3) is 3.00. The number of nitrogens with one attached hydrogen (secondary N) is 1. The monoisotopic (exact) mass is 204 g/mol. The highest BCUT2D eigenvalue weighted by Gasteiger charge is 2.05. The molecule has 0 heterocycles. The van der Waals surface area contributed by atoms with Gasteiger partial charge in [0.25, 0.3) is 10.2 Å². The van der Waals surface area contributed by atoms with Crippen LogP contribution in [0.2, 0.25) is 0 Å². The number of anilines is 1. The number of hydrogen-bond acceptors (Lipinski definition) is 2. The molecule has 4 nitrogen and oxygen atoms in total. The summed E-state index contributed by atoms with van der Waals surface area (Å²) in [4.78, 5) is 0. The second kappa shape index (κ2) is 3.31. The Morgan fingerprint density at radius 2 is 2.08 bits per heavy atom. The Labute approximate surface area is 75.7 Å². The van der Waals surface area contributed by atoms with Gasteiger partial charge in [-0.25, -0.2) is 9.53 Å². The van der Waals surface area contributed by atoms with Crippen LogP contribution in [0.25, 0.3) is 0 Å². The molecular weight excluding hydrogens is 195 g/mol. The maximum atomic E-state index is 12.6. The lowest BCUT2D eigenvalue weighted by molar-refractivity contribution is 0.602. The van der Waals surface area contributed by atoms with E-state index in [4.69, 9.17) is 5.14 Å². The molecule has 0 saturated heterocycles. The summed E-state index contributed by atoms with van der Waals surface area (Å²) in [5.41, 5.74) is 0.762. The number of aryl methyl sites for hydroxylation is 1. The van der Waals surface area contributed by atoms with Crippen LogP contribution in [0, 0.1) is 12.7 Å². The zero-order valence-corrected chi connectivity index (χ0v) is 7.73. The van der Waals surface area contributed by atoms with E-state index in [2.05, 4.69) is 4.72 Å². The number of benzene rings is 1. The minimum Gasteiger partial charge on any atom is -0.271 e. The normalized spacial score (nSPS) is 11.3. The van der Waals surface area contributed by atoms with Crippen molar-refractivity contribution < 1.29 is 12.8 Å². The summed E-state index contributed by atoms with van der Waals surface area (Å²) >= 11 is 0. The van der Waals surface area contributed by atoms with Gasteiger partial charge < -0.3 is 0 Å². The molecule has 0 saturated carbocycles. The van der Waals surface area contributed by atoms with Crippen LogP contribution in [0.5, 0.6) is 0 Å². The van der Waals surface area contributed by atoms with Gasteiger partial charge in [-0.15, -0.1) is 0 Å². The van der Waals surface area contributed by atoms with Crippen LogP contribution in [0.4, 0.5) is 10.1 Å². The van der Waals surface area contributed by atoms with E-state index in [9.17, 15) is 12.8 Å². The van der Waals surface area contributed by atoms with Crippen molar-refractivity contribution in [2.24, 2.45) is 5.14 Å². The molecule has 0 atom stereocenters. The highest BCUT2D eigenvalue weighted by Crippen LogP contribution is 2.15. The molecule has 6 heteroatoms. The van der Waals surface area contributed by atoms with Gasteiger partial charge in [-0.1, -0.05) is 0 Å². The van der Waals surface area contributed by atoms with Gasteiger partial charge in [-0.3, -0.25) is 4.72 Å². The van der Waals surface area contributed by atoms with E-state index in [0.717, 1.165) is 6.07 Å². The first kappa shape index (κ1) is 9.94. The van der Waals surface area contributed by atoms with Crippen molar-refractivity contribution in [1.29, 1.82) is 0 Å².